The molecular formula is C14H24O. The Labute approximate surface area is 93.6 Å². The Bertz CT molecular complexity index is 209. The lowest BCUT2D eigenvalue weighted by Crippen LogP contribution is -2.02. The molecule has 15 heavy (non-hydrogen) atoms. The first-order valence-electron chi connectivity index (χ1n) is 6.90. The van der Waals surface area contributed by atoms with E-state index in [0.29, 0.717) is 11.7 Å². The molecule has 0 aromatic heterocycles. The highest BCUT2D eigenvalue weighted by atomic mass is 16.1. The zero-order valence-corrected chi connectivity index (χ0v) is 9.84. The lowest BCUT2D eigenvalue weighted by Gasteiger charge is -2.00. The van der Waals surface area contributed by atoms with Crippen molar-refractivity contribution >= 4 is 5.78 Å². The van der Waals surface area contributed by atoms with Gasteiger partial charge in [0.15, 0.2) is 0 Å². The first kappa shape index (κ1) is 11.2. The minimum Gasteiger partial charge on any atom is -0.299 e. The maximum absolute atomic E-state index is 11.8. The number of carbonyl (C=O) groups is 1. The van der Waals surface area contributed by atoms with Crippen LogP contribution < -0.4 is 0 Å². The molecule has 86 valence electrons. The van der Waals surface area contributed by atoms with E-state index in [1.54, 1.807) is 0 Å². The van der Waals surface area contributed by atoms with Crippen molar-refractivity contribution < 1.29 is 4.79 Å². The molecule has 2 atom stereocenters. The number of carbonyl (C=O) groups excluding carboxylic acids is 1. The van der Waals surface area contributed by atoms with Crippen LogP contribution in [0.4, 0.5) is 0 Å². The SMILES string of the molecule is O=C1CCCCCCCCCC[C@H]2C[C@@H]12. The summed E-state index contributed by atoms with van der Waals surface area (Å²) in [7, 11) is 0. The summed E-state index contributed by atoms with van der Waals surface area (Å²) >= 11 is 0. The van der Waals surface area contributed by atoms with Crippen molar-refractivity contribution in [2.24, 2.45) is 11.8 Å². The van der Waals surface area contributed by atoms with Gasteiger partial charge in [-0.05, 0) is 25.2 Å². The molecule has 0 unspecified atom stereocenters. The molecule has 0 saturated heterocycles. The van der Waals surface area contributed by atoms with Crippen LogP contribution in [0.15, 0.2) is 0 Å². The molecule has 0 heterocycles. The second kappa shape index (κ2) is 5.67. The van der Waals surface area contributed by atoms with Crippen molar-refractivity contribution in [3.8, 4) is 0 Å². The van der Waals surface area contributed by atoms with E-state index in [9.17, 15) is 4.79 Å². The Hall–Kier alpha value is -0.330. The molecule has 0 bridgehead atoms. The van der Waals surface area contributed by atoms with Gasteiger partial charge in [-0.15, -0.1) is 0 Å². The second-order valence-electron chi connectivity index (χ2n) is 5.44. The second-order valence-corrected chi connectivity index (χ2v) is 5.44. The van der Waals surface area contributed by atoms with Gasteiger partial charge in [-0.3, -0.25) is 4.79 Å². The first-order chi connectivity index (χ1) is 7.38. The number of Topliss-reactive ketones (excluding diaryl/α,β-unsaturated/α-hetero) is 1. The van der Waals surface area contributed by atoms with Gasteiger partial charge in [0.2, 0.25) is 0 Å². The number of ketones is 1. The summed E-state index contributed by atoms with van der Waals surface area (Å²) in [6.45, 7) is 0. The van der Waals surface area contributed by atoms with Crippen LogP contribution in [-0.2, 0) is 4.79 Å². The summed E-state index contributed by atoms with van der Waals surface area (Å²) in [6, 6.07) is 0. The molecule has 0 aromatic rings. The third-order valence-corrected chi connectivity index (χ3v) is 4.08. The van der Waals surface area contributed by atoms with Crippen LogP contribution in [0.3, 0.4) is 0 Å². The number of rotatable bonds is 0. The van der Waals surface area contributed by atoms with Crippen LogP contribution in [0.1, 0.15) is 70.6 Å². The van der Waals surface area contributed by atoms with Gasteiger partial charge in [-0.1, -0.05) is 44.9 Å². The normalized spacial score (nSPS) is 34.5. The van der Waals surface area contributed by atoms with E-state index >= 15 is 0 Å². The van der Waals surface area contributed by atoms with E-state index in [-0.39, 0.29) is 0 Å². The molecule has 2 aliphatic rings. The maximum atomic E-state index is 11.8. The van der Waals surface area contributed by atoms with Crippen LogP contribution >= 0.6 is 0 Å². The van der Waals surface area contributed by atoms with Gasteiger partial charge in [-0.25, -0.2) is 0 Å². The molecule has 0 radical (unpaired) electrons. The quantitative estimate of drug-likeness (QED) is 0.585. The smallest absolute Gasteiger partial charge is 0.136 e. The predicted octanol–water partition coefficient (Wildman–Crippen LogP) is 4.11. The van der Waals surface area contributed by atoms with Gasteiger partial charge in [0.05, 0.1) is 0 Å². The molecule has 0 amide bonds. The Morgan fingerprint density at radius 3 is 2.13 bits per heavy atom. The minimum absolute atomic E-state index is 0.491. The Kier molecular flexibility index (Phi) is 4.22. The van der Waals surface area contributed by atoms with Crippen molar-refractivity contribution in [2.45, 2.75) is 70.6 Å². The average Bonchev–Trinajstić information content (AvgIpc) is 2.99. The fraction of sp³-hybridized carbons (Fsp3) is 0.929. The highest BCUT2D eigenvalue weighted by molar-refractivity contribution is 5.83. The van der Waals surface area contributed by atoms with Gasteiger partial charge in [-0.2, -0.15) is 0 Å². The average molecular weight is 208 g/mol. The fourth-order valence-electron chi connectivity index (χ4n) is 2.91. The molecule has 2 fully saturated rings. The van der Waals surface area contributed by atoms with Crippen molar-refractivity contribution in [2.75, 3.05) is 0 Å². The molecule has 0 spiro atoms. The predicted molar refractivity (Wildman–Crippen MR) is 62.8 cm³/mol. The molecule has 2 saturated carbocycles. The molecule has 2 aliphatic carbocycles. The third kappa shape index (κ3) is 3.62. The van der Waals surface area contributed by atoms with Crippen LogP contribution in [-0.4, -0.2) is 5.78 Å². The van der Waals surface area contributed by atoms with Crippen molar-refractivity contribution in [1.82, 2.24) is 0 Å². The number of hydrogen-bond donors (Lipinski definition) is 0. The summed E-state index contributed by atoms with van der Waals surface area (Å²) in [6.07, 6.45) is 14.2. The molecule has 1 heteroatoms. The first-order valence-corrected chi connectivity index (χ1v) is 6.90. The maximum Gasteiger partial charge on any atom is 0.136 e. The number of fused-ring (bicyclic) bond motifs is 1. The summed E-state index contributed by atoms with van der Waals surface area (Å²) in [5, 5.41) is 0. The molecule has 0 N–H and O–H groups in total. The molecule has 0 aliphatic heterocycles. The van der Waals surface area contributed by atoms with E-state index in [1.807, 2.05) is 0 Å². The topological polar surface area (TPSA) is 17.1 Å². The molecular weight excluding hydrogens is 184 g/mol. The molecule has 2 rings (SSSR count). The molecule has 1 nitrogen and oxygen atoms in total. The van der Waals surface area contributed by atoms with Crippen molar-refractivity contribution in [3.05, 3.63) is 0 Å². The van der Waals surface area contributed by atoms with Gasteiger partial charge in [0.25, 0.3) is 0 Å². The Morgan fingerprint density at radius 1 is 0.800 bits per heavy atom. The van der Waals surface area contributed by atoms with Crippen LogP contribution in [0, 0.1) is 11.8 Å². The number of hydrogen-bond acceptors (Lipinski definition) is 1. The zero-order valence-electron chi connectivity index (χ0n) is 9.84. The van der Waals surface area contributed by atoms with Gasteiger partial charge < -0.3 is 0 Å². The largest absolute Gasteiger partial charge is 0.299 e. The van der Waals surface area contributed by atoms with E-state index in [2.05, 4.69) is 0 Å². The summed E-state index contributed by atoms with van der Waals surface area (Å²) in [5.74, 6) is 1.86. The zero-order chi connectivity index (χ0) is 10.5. The minimum atomic E-state index is 0.491. The Balaban J connectivity index is 1.74. The Morgan fingerprint density at radius 2 is 1.40 bits per heavy atom. The van der Waals surface area contributed by atoms with Crippen molar-refractivity contribution in [1.29, 1.82) is 0 Å². The third-order valence-electron chi connectivity index (χ3n) is 4.08. The van der Waals surface area contributed by atoms with Crippen molar-refractivity contribution in [3.63, 3.8) is 0 Å². The van der Waals surface area contributed by atoms with Gasteiger partial charge in [0.1, 0.15) is 5.78 Å². The van der Waals surface area contributed by atoms with Gasteiger partial charge >= 0.3 is 0 Å². The highest BCUT2D eigenvalue weighted by Crippen LogP contribution is 2.44. The van der Waals surface area contributed by atoms with E-state index in [1.165, 1.54) is 57.8 Å². The monoisotopic (exact) mass is 208 g/mol. The van der Waals surface area contributed by atoms with E-state index in [0.717, 1.165) is 18.8 Å². The summed E-state index contributed by atoms with van der Waals surface area (Å²) in [4.78, 5) is 11.8. The van der Waals surface area contributed by atoms with Crippen LogP contribution in [0.5, 0.6) is 0 Å². The lowest BCUT2D eigenvalue weighted by molar-refractivity contribution is -0.120. The summed E-state index contributed by atoms with van der Waals surface area (Å²) in [5.41, 5.74) is 0. The fourth-order valence-corrected chi connectivity index (χ4v) is 2.91. The highest BCUT2D eigenvalue weighted by Gasteiger charge is 2.40. The van der Waals surface area contributed by atoms with E-state index in [4.69, 9.17) is 0 Å². The summed E-state index contributed by atoms with van der Waals surface area (Å²) < 4.78 is 0. The van der Waals surface area contributed by atoms with Gasteiger partial charge in [0, 0.05) is 12.3 Å². The standard InChI is InChI=1S/C14H24O/c15-14-10-8-6-4-2-1-3-5-7-9-12-11-13(12)14/h12-13H,1-11H2/t12-,13+/m0/s1. The van der Waals surface area contributed by atoms with Crippen LogP contribution in [0.2, 0.25) is 0 Å². The van der Waals surface area contributed by atoms with E-state index < -0.39 is 0 Å². The van der Waals surface area contributed by atoms with Crippen LogP contribution in [0.25, 0.3) is 0 Å². The molecule has 0 aromatic carbocycles. The lowest BCUT2D eigenvalue weighted by atomic mass is 10.1.